The van der Waals surface area contributed by atoms with Crippen molar-refractivity contribution in [1.82, 2.24) is 10.2 Å². The standard InChI is InChI=1S/C30H36N4O5/c1-21-17-25(32-29(35)23-5-7-26(8-6-23)33-13-15-38-16-14-33)19-31-28(21)34-11-9-22(10-12-34)20-39-27-4-2-3-24(18-27)30(36)37/h2-8,17-19,21-22,28H,9-16,20H2,1H3,(H,32,35)(H,36,37). The minimum atomic E-state index is -0.953. The number of allylic oxidation sites excluding steroid dienone is 1. The van der Waals surface area contributed by atoms with Crippen LogP contribution in [0.5, 0.6) is 5.75 Å². The summed E-state index contributed by atoms with van der Waals surface area (Å²) in [4.78, 5) is 33.5. The zero-order chi connectivity index (χ0) is 27.2. The van der Waals surface area contributed by atoms with E-state index in [-0.39, 0.29) is 23.6 Å². The lowest BCUT2D eigenvalue weighted by Crippen LogP contribution is -2.45. The van der Waals surface area contributed by atoms with E-state index in [1.165, 1.54) is 0 Å². The molecule has 3 aliphatic heterocycles. The number of nitrogens with zero attached hydrogens (tertiary/aromatic N) is 3. The smallest absolute Gasteiger partial charge is 0.335 e. The Morgan fingerprint density at radius 3 is 2.49 bits per heavy atom. The van der Waals surface area contributed by atoms with E-state index in [4.69, 9.17) is 19.6 Å². The first kappa shape index (κ1) is 26.9. The van der Waals surface area contributed by atoms with Gasteiger partial charge in [-0.25, -0.2) is 4.79 Å². The topological polar surface area (TPSA) is 104 Å². The Hall–Kier alpha value is -3.69. The zero-order valence-corrected chi connectivity index (χ0v) is 22.3. The molecule has 2 aromatic carbocycles. The summed E-state index contributed by atoms with van der Waals surface area (Å²) in [5.74, 6) is 0.0844. The highest BCUT2D eigenvalue weighted by Crippen LogP contribution is 2.26. The Kier molecular flexibility index (Phi) is 8.58. The van der Waals surface area contributed by atoms with E-state index in [2.05, 4.69) is 28.1 Å². The number of likely N-dealkylation sites (tertiary alicyclic amines) is 1. The summed E-state index contributed by atoms with van der Waals surface area (Å²) in [7, 11) is 0. The average molecular weight is 533 g/mol. The molecule has 3 heterocycles. The van der Waals surface area contributed by atoms with Crippen LogP contribution in [0.3, 0.4) is 0 Å². The molecule has 5 rings (SSSR count). The number of hydrogen-bond donors (Lipinski definition) is 2. The summed E-state index contributed by atoms with van der Waals surface area (Å²) in [6, 6.07) is 14.3. The largest absolute Gasteiger partial charge is 0.493 e. The Morgan fingerprint density at radius 2 is 1.79 bits per heavy atom. The lowest BCUT2D eigenvalue weighted by Gasteiger charge is -2.38. The van der Waals surface area contributed by atoms with Gasteiger partial charge in [-0.1, -0.05) is 19.1 Å². The maximum absolute atomic E-state index is 12.8. The fraction of sp³-hybridized carbons (Fsp3) is 0.433. The molecule has 2 fully saturated rings. The highest BCUT2D eigenvalue weighted by Gasteiger charge is 2.29. The van der Waals surface area contributed by atoms with Crippen LogP contribution in [0.1, 0.15) is 40.5 Å². The van der Waals surface area contributed by atoms with Gasteiger partial charge in [0.1, 0.15) is 11.9 Å². The molecule has 1 amide bonds. The van der Waals surface area contributed by atoms with Crippen LogP contribution in [0.25, 0.3) is 0 Å². The molecule has 0 aliphatic carbocycles. The third kappa shape index (κ3) is 6.85. The molecule has 0 bridgehead atoms. The third-order valence-corrected chi connectivity index (χ3v) is 7.63. The van der Waals surface area contributed by atoms with Crippen LogP contribution < -0.4 is 15.0 Å². The van der Waals surface area contributed by atoms with Crippen molar-refractivity contribution in [2.24, 2.45) is 16.8 Å². The highest BCUT2D eigenvalue weighted by atomic mass is 16.5. The normalized spacial score (nSPS) is 22.3. The lowest BCUT2D eigenvalue weighted by atomic mass is 9.95. The quantitative estimate of drug-likeness (QED) is 0.535. The number of ether oxygens (including phenoxy) is 2. The molecule has 39 heavy (non-hydrogen) atoms. The molecule has 0 aromatic heterocycles. The van der Waals surface area contributed by atoms with E-state index in [1.54, 1.807) is 30.5 Å². The van der Waals surface area contributed by atoms with Crippen LogP contribution in [-0.4, -0.2) is 80.3 Å². The van der Waals surface area contributed by atoms with Crippen LogP contribution >= 0.6 is 0 Å². The number of piperidine rings is 1. The molecule has 3 aliphatic rings. The fourth-order valence-electron chi connectivity index (χ4n) is 5.37. The molecule has 0 saturated carbocycles. The molecular weight excluding hydrogens is 496 g/mol. The highest BCUT2D eigenvalue weighted by molar-refractivity contribution is 5.99. The number of aromatic carboxylic acids is 1. The Bertz CT molecular complexity index is 1210. The van der Waals surface area contributed by atoms with Crippen molar-refractivity contribution >= 4 is 23.8 Å². The number of aliphatic imine (C=N–C) groups is 1. The number of morpholine rings is 1. The summed E-state index contributed by atoms with van der Waals surface area (Å²) < 4.78 is 11.3. The summed E-state index contributed by atoms with van der Waals surface area (Å²) in [5, 5.41) is 12.2. The number of anilines is 1. The second-order valence-corrected chi connectivity index (χ2v) is 10.4. The van der Waals surface area contributed by atoms with Gasteiger partial charge in [0.2, 0.25) is 0 Å². The van der Waals surface area contributed by atoms with Gasteiger partial charge in [0.15, 0.2) is 0 Å². The number of rotatable bonds is 8. The molecule has 0 radical (unpaired) electrons. The predicted molar refractivity (Wildman–Crippen MR) is 150 cm³/mol. The summed E-state index contributed by atoms with van der Waals surface area (Å²) in [5.41, 5.74) is 2.69. The van der Waals surface area contributed by atoms with E-state index in [1.807, 2.05) is 24.3 Å². The van der Waals surface area contributed by atoms with Gasteiger partial charge in [0.05, 0.1) is 31.1 Å². The lowest BCUT2D eigenvalue weighted by molar-refractivity contribution is 0.0695. The predicted octanol–water partition coefficient (Wildman–Crippen LogP) is 3.67. The molecule has 2 unspecified atom stereocenters. The summed E-state index contributed by atoms with van der Waals surface area (Å²) in [6.45, 7) is 7.73. The number of carboxylic acid groups (broad SMARTS) is 1. The minimum Gasteiger partial charge on any atom is -0.493 e. The number of nitrogens with one attached hydrogen (secondary N) is 1. The van der Waals surface area contributed by atoms with E-state index >= 15 is 0 Å². The second-order valence-electron chi connectivity index (χ2n) is 10.4. The molecule has 206 valence electrons. The number of hydrogen-bond acceptors (Lipinski definition) is 7. The van der Waals surface area contributed by atoms with Gasteiger partial charge in [0.25, 0.3) is 5.91 Å². The number of dihydropyridines is 1. The van der Waals surface area contributed by atoms with Gasteiger partial charge in [-0.15, -0.1) is 0 Å². The molecule has 2 N–H and O–H groups in total. The number of carboxylic acids is 1. The van der Waals surface area contributed by atoms with Crippen LogP contribution in [-0.2, 0) is 4.74 Å². The van der Waals surface area contributed by atoms with Gasteiger partial charge >= 0.3 is 5.97 Å². The molecule has 2 saturated heterocycles. The number of carbonyl (C=O) groups excluding carboxylic acids is 1. The number of benzene rings is 2. The van der Waals surface area contributed by atoms with Crippen molar-refractivity contribution in [2.45, 2.75) is 25.9 Å². The Labute approximate surface area is 229 Å². The third-order valence-electron chi connectivity index (χ3n) is 7.63. The van der Waals surface area contributed by atoms with E-state index in [0.29, 0.717) is 23.8 Å². The van der Waals surface area contributed by atoms with Crippen LogP contribution in [0.4, 0.5) is 5.69 Å². The maximum Gasteiger partial charge on any atom is 0.335 e. The van der Waals surface area contributed by atoms with Crippen molar-refractivity contribution in [3.8, 4) is 5.75 Å². The van der Waals surface area contributed by atoms with E-state index in [9.17, 15) is 9.59 Å². The average Bonchev–Trinajstić information content (AvgIpc) is 2.97. The zero-order valence-electron chi connectivity index (χ0n) is 22.3. The van der Waals surface area contributed by atoms with Crippen LogP contribution in [0.2, 0.25) is 0 Å². The molecule has 0 spiro atoms. The Morgan fingerprint density at radius 1 is 1.05 bits per heavy atom. The van der Waals surface area contributed by atoms with E-state index < -0.39 is 5.97 Å². The first-order valence-corrected chi connectivity index (χ1v) is 13.7. The number of amides is 1. The molecule has 9 nitrogen and oxygen atoms in total. The van der Waals surface area contributed by atoms with Crippen molar-refractivity contribution in [3.63, 3.8) is 0 Å². The summed E-state index contributed by atoms with van der Waals surface area (Å²) in [6.07, 6.45) is 5.89. The van der Waals surface area contributed by atoms with Crippen LogP contribution in [0.15, 0.2) is 65.3 Å². The maximum atomic E-state index is 12.8. The molecule has 2 atom stereocenters. The molecule has 9 heteroatoms. The Balaban J connectivity index is 1.08. The van der Waals surface area contributed by atoms with Crippen molar-refractivity contribution in [3.05, 3.63) is 71.4 Å². The van der Waals surface area contributed by atoms with Gasteiger partial charge in [-0.3, -0.25) is 14.7 Å². The van der Waals surface area contributed by atoms with E-state index in [0.717, 1.165) is 63.6 Å². The SMILES string of the molecule is CC1C=C(NC(=O)c2ccc(N3CCOCC3)cc2)C=NC1N1CCC(COc2cccc(C(=O)O)c2)CC1. The van der Waals surface area contributed by atoms with Gasteiger partial charge in [-0.05, 0) is 61.2 Å². The molecular formula is C30H36N4O5. The number of carbonyl (C=O) groups is 2. The van der Waals surface area contributed by atoms with Gasteiger partial charge in [-0.2, -0.15) is 0 Å². The first-order valence-electron chi connectivity index (χ1n) is 13.7. The fourth-order valence-corrected chi connectivity index (χ4v) is 5.37. The monoisotopic (exact) mass is 532 g/mol. The summed E-state index contributed by atoms with van der Waals surface area (Å²) >= 11 is 0. The van der Waals surface area contributed by atoms with Gasteiger partial charge in [0, 0.05) is 49.6 Å². The van der Waals surface area contributed by atoms with Crippen molar-refractivity contribution < 1.29 is 24.2 Å². The van der Waals surface area contributed by atoms with Gasteiger partial charge < -0.3 is 24.8 Å². The molecule has 2 aromatic rings. The van der Waals surface area contributed by atoms with Crippen LogP contribution in [0, 0.1) is 11.8 Å². The second kappa shape index (κ2) is 12.4. The van der Waals surface area contributed by atoms with Crippen molar-refractivity contribution in [1.29, 1.82) is 0 Å². The first-order chi connectivity index (χ1) is 19.0. The minimum absolute atomic E-state index is 0.0487. The van der Waals surface area contributed by atoms with Crippen molar-refractivity contribution in [2.75, 3.05) is 50.9 Å².